The molecule has 4 rings (SSSR count). The highest BCUT2D eigenvalue weighted by Crippen LogP contribution is 2.33. The number of nitrogens with one attached hydrogen (secondary N) is 2. The molecule has 0 radical (unpaired) electrons. The lowest BCUT2D eigenvalue weighted by Gasteiger charge is -2.11. The lowest BCUT2D eigenvalue weighted by atomic mass is 10.1. The first-order valence-electron chi connectivity index (χ1n) is 8.50. The summed E-state index contributed by atoms with van der Waals surface area (Å²) in [5.74, 6) is -0.377. The molecule has 0 spiro atoms. The van der Waals surface area contributed by atoms with Crippen LogP contribution in [-0.2, 0) is 0 Å². The molecular weight excluding hydrogens is 409 g/mol. The number of hydrogen-bond donors (Lipinski definition) is 3. The lowest BCUT2D eigenvalue weighted by molar-refractivity contribution is 0.262. The number of rotatable bonds is 4. The van der Waals surface area contributed by atoms with E-state index >= 15 is 0 Å². The van der Waals surface area contributed by atoms with Crippen molar-refractivity contribution < 1.29 is 19.0 Å². The molecule has 0 bridgehead atoms. The molecule has 0 aliphatic rings. The van der Waals surface area contributed by atoms with Crippen molar-refractivity contribution in [3.05, 3.63) is 65.6 Å². The van der Waals surface area contributed by atoms with Crippen LogP contribution >= 0.6 is 11.3 Å². The predicted octanol–water partition coefficient (Wildman–Crippen LogP) is 4.84. The molecule has 2 aromatic heterocycles. The van der Waals surface area contributed by atoms with E-state index in [0.29, 0.717) is 21.8 Å². The van der Waals surface area contributed by atoms with E-state index in [2.05, 4.69) is 20.6 Å². The number of carbonyl (C=O) groups is 1. The Bertz CT molecular complexity index is 1290. The third-order valence-electron chi connectivity index (χ3n) is 4.01. The Labute approximate surface area is 173 Å². The number of anilines is 2. The molecule has 10 heteroatoms. The molecule has 0 aliphatic heterocycles. The van der Waals surface area contributed by atoms with Gasteiger partial charge in [-0.25, -0.2) is 14.2 Å². The number of benzene rings is 2. The van der Waals surface area contributed by atoms with Gasteiger partial charge in [-0.15, -0.1) is 11.3 Å². The maximum absolute atomic E-state index is 14.5. The van der Waals surface area contributed by atoms with Crippen molar-refractivity contribution in [2.45, 2.75) is 0 Å². The number of phenolic OH excluding ortho intramolecular Hbond substituents is 1. The van der Waals surface area contributed by atoms with Crippen LogP contribution in [0.5, 0.6) is 17.2 Å². The fraction of sp³-hybridized carbons (Fsp3) is 0. The van der Waals surface area contributed by atoms with Crippen LogP contribution in [0.1, 0.15) is 5.56 Å². The number of carbonyl (C=O) groups excluding carboxylic acids is 1. The second-order valence-electron chi connectivity index (χ2n) is 5.97. The van der Waals surface area contributed by atoms with Gasteiger partial charge in [0.25, 0.3) is 0 Å². The third kappa shape index (κ3) is 3.96. The van der Waals surface area contributed by atoms with E-state index in [-0.39, 0.29) is 22.7 Å². The minimum Gasteiger partial charge on any atom is -0.506 e. The summed E-state index contributed by atoms with van der Waals surface area (Å²) < 4.78 is 20.2. The number of pyridine rings is 1. The van der Waals surface area contributed by atoms with Gasteiger partial charge in [-0.2, -0.15) is 5.26 Å². The minimum absolute atomic E-state index is 0.0346. The Morgan fingerprint density at radius 3 is 2.77 bits per heavy atom. The van der Waals surface area contributed by atoms with Crippen molar-refractivity contribution in [1.82, 2.24) is 9.97 Å². The molecule has 3 N–H and O–H groups in total. The van der Waals surface area contributed by atoms with E-state index in [1.54, 1.807) is 11.4 Å². The molecule has 0 fully saturated rings. The highest BCUT2D eigenvalue weighted by Gasteiger charge is 2.12. The number of aromatic hydroxyl groups is 1. The number of halogens is 1. The van der Waals surface area contributed by atoms with Crippen molar-refractivity contribution in [2.24, 2.45) is 0 Å². The second kappa shape index (κ2) is 8.02. The van der Waals surface area contributed by atoms with Gasteiger partial charge in [0, 0.05) is 35.3 Å². The van der Waals surface area contributed by atoms with E-state index in [1.165, 1.54) is 48.0 Å². The quantitative estimate of drug-likeness (QED) is 0.433. The summed E-state index contributed by atoms with van der Waals surface area (Å²) in [7, 11) is 0. The van der Waals surface area contributed by atoms with Crippen LogP contribution in [0.25, 0.3) is 10.9 Å². The first kappa shape index (κ1) is 19.1. The number of nitrogens with zero attached hydrogens (tertiary/aromatic N) is 3. The second-order valence-corrected chi connectivity index (χ2v) is 6.86. The normalized spacial score (nSPS) is 10.4. The van der Waals surface area contributed by atoms with Gasteiger partial charge in [0.1, 0.15) is 29.1 Å². The molecule has 148 valence electrons. The fourth-order valence-electron chi connectivity index (χ4n) is 2.66. The maximum Gasteiger partial charge on any atom is 0.325 e. The van der Waals surface area contributed by atoms with E-state index in [4.69, 9.17) is 10.00 Å². The molecule has 8 nitrogen and oxygen atoms in total. The molecular formula is C20H12FN5O3S. The van der Waals surface area contributed by atoms with Gasteiger partial charge in [-0.05, 0) is 24.3 Å². The standard InChI is InChI=1S/C20H12FN5O3S/c21-14-8-12(1-2-15(14)25-19(28)26-20-24-5-6-30-20)29-18-3-4-23-16-9-17(27)11(10-22)7-13(16)18/h1-9,27H,(H2,24,25,26,28). The number of hydrogen-bond acceptors (Lipinski definition) is 7. The van der Waals surface area contributed by atoms with Crippen molar-refractivity contribution in [2.75, 3.05) is 10.6 Å². The smallest absolute Gasteiger partial charge is 0.325 e. The highest BCUT2D eigenvalue weighted by atomic mass is 32.1. The van der Waals surface area contributed by atoms with Crippen molar-refractivity contribution in [3.8, 4) is 23.3 Å². The molecule has 0 unspecified atom stereocenters. The Morgan fingerprint density at radius 2 is 2.03 bits per heavy atom. The molecule has 0 aliphatic carbocycles. The summed E-state index contributed by atoms with van der Waals surface area (Å²) in [6.07, 6.45) is 3.01. The van der Waals surface area contributed by atoms with E-state index in [9.17, 15) is 14.3 Å². The number of ether oxygens (including phenoxy) is 1. The fourth-order valence-corrected chi connectivity index (χ4v) is 3.18. The molecule has 0 saturated carbocycles. The van der Waals surface area contributed by atoms with Gasteiger partial charge in [0.05, 0.1) is 16.8 Å². The summed E-state index contributed by atoms with van der Waals surface area (Å²) >= 11 is 1.24. The van der Waals surface area contributed by atoms with Crippen LogP contribution in [0.15, 0.2) is 54.2 Å². The zero-order chi connectivity index (χ0) is 21.1. The van der Waals surface area contributed by atoms with Crippen LogP contribution in [0.4, 0.5) is 20.0 Å². The van der Waals surface area contributed by atoms with Crippen LogP contribution in [0, 0.1) is 17.1 Å². The van der Waals surface area contributed by atoms with Gasteiger partial charge in [0.15, 0.2) is 5.13 Å². The zero-order valence-electron chi connectivity index (χ0n) is 15.1. The number of nitriles is 1. The molecule has 2 aromatic carbocycles. The topological polar surface area (TPSA) is 120 Å². The first-order chi connectivity index (χ1) is 14.5. The number of urea groups is 1. The predicted molar refractivity (Wildman–Crippen MR) is 109 cm³/mol. The Balaban J connectivity index is 1.55. The molecule has 0 atom stereocenters. The highest BCUT2D eigenvalue weighted by molar-refractivity contribution is 7.13. The zero-order valence-corrected chi connectivity index (χ0v) is 15.9. The lowest BCUT2D eigenvalue weighted by Crippen LogP contribution is -2.19. The number of fused-ring (bicyclic) bond motifs is 1. The minimum atomic E-state index is -0.699. The van der Waals surface area contributed by atoms with Crippen LogP contribution in [0.3, 0.4) is 0 Å². The van der Waals surface area contributed by atoms with E-state index in [1.807, 2.05) is 6.07 Å². The van der Waals surface area contributed by atoms with Crippen molar-refractivity contribution in [1.29, 1.82) is 5.26 Å². The van der Waals surface area contributed by atoms with Gasteiger partial charge < -0.3 is 15.2 Å². The average molecular weight is 421 g/mol. The summed E-state index contributed by atoms with van der Waals surface area (Å²) in [5.41, 5.74) is 0.451. The van der Waals surface area contributed by atoms with Crippen molar-refractivity contribution in [3.63, 3.8) is 0 Å². The molecule has 0 saturated heterocycles. The Kier molecular flexibility index (Phi) is 5.11. The third-order valence-corrected chi connectivity index (χ3v) is 4.70. The van der Waals surface area contributed by atoms with Crippen LogP contribution in [-0.4, -0.2) is 21.1 Å². The van der Waals surface area contributed by atoms with Gasteiger partial charge >= 0.3 is 6.03 Å². The summed E-state index contributed by atoms with van der Waals surface area (Å²) in [5, 5.41) is 26.4. The average Bonchev–Trinajstić information content (AvgIpc) is 3.22. The number of phenols is 1. The first-order valence-corrected chi connectivity index (χ1v) is 9.38. The van der Waals surface area contributed by atoms with Gasteiger partial charge in [-0.3, -0.25) is 10.3 Å². The largest absolute Gasteiger partial charge is 0.506 e. The van der Waals surface area contributed by atoms with E-state index < -0.39 is 11.8 Å². The Morgan fingerprint density at radius 1 is 1.17 bits per heavy atom. The molecule has 4 aromatic rings. The number of amides is 2. The van der Waals surface area contributed by atoms with Crippen molar-refractivity contribution >= 4 is 39.1 Å². The number of aromatic nitrogens is 2. The summed E-state index contributed by atoms with van der Waals surface area (Å²) in [6, 6.07) is 9.60. The molecule has 30 heavy (non-hydrogen) atoms. The summed E-state index contributed by atoms with van der Waals surface area (Å²) in [6.45, 7) is 0. The molecule has 2 heterocycles. The van der Waals surface area contributed by atoms with Crippen LogP contribution < -0.4 is 15.4 Å². The number of thiazole rings is 1. The maximum atomic E-state index is 14.5. The SMILES string of the molecule is N#Cc1cc2c(Oc3ccc(NC(=O)Nc4nccs4)c(F)c3)ccnc2cc1O. The Hall–Kier alpha value is -4.23. The van der Waals surface area contributed by atoms with Crippen LogP contribution in [0.2, 0.25) is 0 Å². The van der Waals surface area contributed by atoms with Gasteiger partial charge in [0.2, 0.25) is 0 Å². The monoisotopic (exact) mass is 421 g/mol. The van der Waals surface area contributed by atoms with E-state index in [0.717, 1.165) is 6.07 Å². The molecule has 2 amide bonds. The van der Waals surface area contributed by atoms with Gasteiger partial charge in [-0.1, -0.05) is 0 Å². The summed E-state index contributed by atoms with van der Waals surface area (Å²) in [4.78, 5) is 20.0.